The predicted octanol–water partition coefficient (Wildman–Crippen LogP) is 3.80. The molecule has 25 heavy (non-hydrogen) atoms. The molecule has 2 aromatic carbocycles. The molecule has 128 valence electrons. The van der Waals surface area contributed by atoms with Gasteiger partial charge in [0, 0.05) is 11.3 Å². The van der Waals surface area contributed by atoms with Crippen molar-refractivity contribution in [3.63, 3.8) is 0 Å². The second kappa shape index (κ2) is 6.80. The molecule has 5 nitrogen and oxygen atoms in total. The minimum Gasteiger partial charge on any atom is -0.486 e. The average Bonchev–Trinajstić information content (AvgIpc) is 2.66. The van der Waals surface area contributed by atoms with Gasteiger partial charge in [0.2, 0.25) is 0 Å². The van der Waals surface area contributed by atoms with Crippen LogP contribution in [0.2, 0.25) is 0 Å². The monoisotopic (exact) mass is 353 g/mol. The summed E-state index contributed by atoms with van der Waals surface area (Å²) in [5.41, 5.74) is 8.49. The number of nitrogens with zero attached hydrogens (tertiary/aromatic N) is 2. The molecule has 0 radical (unpaired) electrons. The first-order valence-electron chi connectivity index (χ1n) is 8.21. The van der Waals surface area contributed by atoms with Crippen LogP contribution in [0.3, 0.4) is 0 Å². The highest BCUT2D eigenvalue weighted by atomic mass is 32.2. The number of aliphatic imine (C=N–C) groups is 1. The topological polar surface area (TPSA) is 55.2 Å². The summed E-state index contributed by atoms with van der Waals surface area (Å²) in [6, 6.07) is 12.1. The Morgan fingerprint density at radius 1 is 1.08 bits per heavy atom. The fourth-order valence-corrected chi connectivity index (χ4v) is 3.49. The highest BCUT2D eigenvalue weighted by Gasteiger charge is 2.17. The molecule has 0 atom stereocenters. The van der Waals surface area contributed by atoms with E-state index in [2.05, 4.69) is 30.4 Å². The van der Waals surface area contributed by atoms with Crippen molar-refractivity contribution in [2.75, 3.05) is 19.0 Å². The van der Waals surface area contributed by atoms with Gasteiger partial charge in [-0.3, -0.25) is 5.43 Å². The summed E-state index contributed by atoms with van der Waals surface area (Å²) in [6.07, 6.45) is 0. The van der Waals surface area contributed by atoms with Gasteiger partial charge in [-0.15, -0.1) is 0 Å². The Labute approximate surface area is 151 Å². The molecule has 0 bridgehead atoms. The summed E-state index contributed by atoms with van der Waals surface area (Å²) in [5, 5.41) is 5.31. The van der Waals surface area contributed by atoms with Crippen molar-refractivity contribution < 1.29 is 9.47 Å². The van der Waals surface area contributed by atoms with Gasteiger partial charge in [0.05, 0.1) is 11.4 Å². The van der Waals surface area contributed by atoms with Crippen LogP contribution >= 0.6 is 11.8 Å². The number of amidine groups is 1. The smallest absolute Gasteiger partial charge is 0.182 e. The third kappa shape index (κ3) is 3.35. The maximum Gasteiger partial charge on any atom is 0.182 e. The van der Waals surface area contributed by atoms with Gasteiger partial charge < -0.3 is 9.47 Å². The Balaban J connectivity index is 1.54. The number of hydrogen-bond acceptors (Lipinski definition) is 5. The number of hydrogen-bond donors (Lipinski definition) is 1. The first kappa shape index (κ1) is 16.0. The van der Waals surface area contributed by atoms with Crippen LogP contribution in [0.4, 0.5) is 5.69 Å². The van der Waals surface area contributed by atoms with E-state index in [1.165, 1.54) is 11.1 Å². The zero-order chi connectivity index (χ0) is 17.2. The minimum atomic E-state index is 0.586. The van der Waals surface area contributed by atoms with E-state index in [0.717, 1.165) is 39.4 Å². The largest absolute Gasteiger partial charge is 0.486 e. The Morgan fingerprint density at radius 3 is 2.72 bits per heavy atom. The predicted molar refractivity (Wildman–Crippen MR) is 103 cm³/mol. The van der Waals surface area contributed by atoms with Gasteiger partial charge in [0.1, 0.15) is 13.2 Å². The van der Waals surface area contributed by atoms with Gasteiger partial charge in [0.15, 0.2) is 16.7 Å². The standard InChI is InChI=1S/C19H19N3O2S/c1-12-4-3-5-15(13(12)2)20-19-22-21-16(11-25-19)14-6-7-17-18(10-14)24-9-8-23-17/h3-7,10H,8-9,11H2,1-2H3,(H,20,22). The molecular formula is C19H19N3O2S. The Kier molecular flexibility index (Phi) is 4.36. The molecule has 0 spiro atoms. The zero-order valence-electron chi connectivity index (χ0n) is 14.2. The van der Waals surface area contributed by atoms with E-state index in [1.807, 2.05) is 30.3 Å². The fourth-order valence-electron chi connectivity index (χ4n) is 2.71. The van der Waals surface area contributed by atoms with Crippen molar-refractivity contribution in [2.24, 2.45) is 10.1 Å². The quantitative estimate of drug-likeness (QED) is 0.892. The van der Waals surface area contributed by atoms with Crippen LogP contribution in [0.15, 0.2) is 46.5 Å². The zero-order valence-corrected chi connectivity index (χ0v) is 15.0. The minimum absolute atomic E-state index is 0.586. The van der Waals surface area contributed by atoms with Gasteiger partial charge in [-0.2, -0.15) is 5.10 Å². The molecule has 0 amide bonds. The van der Waals surface area contributed by atoms with Crippen molar-refractivity contribution in [3.05, 3.63) is 53.1 Å². The third-order valence-electron chi connectivity index (χ3n) is 4.31. The third-order valence-corrected chi connectivity index (χ3v) is 5.18. The van der Waals surface area contributed by atoms with Crippen molar-refractivity contribution >= 4 is 28.3 Å². The Bertz CT molecular complexity index is 877. The summed E-state index contributed by atoms with van der Waals surface area (Å²) >= 11 is 1.65. The lowest BCUT2D eigenvalue weighted by atomic mass is 10.1. The first-order chi connectivity index (χ1) is 12.2. The number of rotatable bonds is 2. The van der Waals surface area contributed by atoms with Gasteiger partial charge in [-0.1, -0.05) is 23.9 Å². The van der Waals surface area contributed by atoms with Crippen LogP contribution in [-0.2, 0) is 0 Å². The van der Waals surface area contributed by atoms with Crippen LogP contribution in [0.5, 0.6) is 11.5 Å². The van der Waals surface area contributed by atoms with Crippen molar-refractivity contribution in [1.29, 1.82) is 0 Å². The second-order valence-electron chi connectivity index (χ2n) is 5.95. The number of thioether (sulfide) groups is 1. The fraction of sp³-hybridized carbons (Fsp3) is 0.263. The molecule has 0 fully saturated rings. The van der Waals surface area contributed by atoms with Crippen molar-refractivity contribution in [1.82, 2.24) is 5.43 Å². The number of ether oxygens (including phenoxy) is 2. The molecule has 0 aromatic heterocycles. The Hall–Kier alpha value is -2.47. The van der Waals surface area contributed by atoms with E-state index in [-0.39, 0.29) is 0 Å². The number of aryl methyl sites for hydroxylation is 1. The molecular weight excluding hydrogens is 334 g/mol. The van der Waals surface area contributed by atoms with Gasteiger partial charge in [0.25, 0.3) is 0 Å². The molecule has 4 rings (SSSR count). The molecule has 1 N–H and O–H groups in total. The van der Waals surface area contributed by atoms with E-state index in [0.29, 0.717) is 13.2 Å². The summed E-state index contributed by atoms with van der Waals surface area (Å²) < 4.78 is 11.2. The molecule has 0 aliphatic carbocycles. The number of hydrazone groups is 1. The Morgan fingerprint density at radius 2 is 1.92 bits per heavy atom. The maximum atomic E-state index is 5.65. The normalized spacial score (nSPS) is 17.8. The molecule has 0 unspecified atom stereocenters. The molecule has 6 heteroatoms. The summed E-state index contributed by atoms with van der Waals surface area (Å²) in [5.74, 6) is 2.34. The van der Waals surface area contributed by atoms with Gasteiger partial charge >= 0.3 is 0 Å². The second-order valence-corrected chi connectivity index (χ2v) is 6.92. The summed E-state index contributed by atoms with van der Waals surface area (Å²) in [4.78, 5) is 4.69. The molecule has 2 aliphatic rings. The van der Waals surface area contributed by atoms with E-state index >= 15 is 0 Å². The van der Waals surface area contributed by atoms with Crippen LogP contribution in [-0.4, -0.2) is 29.8 Å². The SMILES string of the molecule is Cc1cccc(N=C2NN=C(c3ccc4c(c3)OCCO4)CS2)c1C. The maximum absolute atomic E-state index is 5.65. The summed E-state index contributed by atoms with van der Waals surface area (Å²) in [7, 11) is 0. The lowest BCUT2D eigenvalue weighted by molar-refractivity contribution is 0.171. The van der Waals surface area contributed by atoms with Crippen LogP contribution in [0.25, 0.3) is 0 Å². The van der Waals surface area contributed by atoms with Gasteiger partial charge in [-0.05, 0) is 49.2 Å². The van der Waals surface area contributed by atoms with Crippen molar-refractivity contribution in [3.8, 4) is 11.5 Å². The lowest BCUT2D eigenvalue weighted by Crippen LogP contribution is -2.25. The van der Waals surface area contributed by atoms with Crippen LogP contribution in [0.1, 0.15) is 16.7 Å². The molecule has 2 heterocycles. The van der Waals surface area contributed by atoms with Crippen LogP contribution < -0.4 is 14.9 Å². The highest BCUT2D eigenvalue weighted by Crippen LogP contribution is 2.31. The number of benzene rings is 2. The molecule has 2 aromatic rings. The van der Waals surface area contributed by atoms with E-state index < -0.39 is 0 Å². The summed E-state index contributed by atoms with van der Waals surface area (Å²) in [6.45, 7) is 5.37. The van der Waals surface area contributed by atoms with Gasteiger partial charge in [-0.25, -0.2) is 4.99 Å². The molecule has 2 aliphatic heterocycles. The first-order valence-corrected chi connectivity index (χ1v) is 9.19. The molecule has 0 saturated carbocycles. The average molecular weight is 353 g/mol. The van der Waals surface area contributed by atoms with Crippen molar-refractivity contribution in [2.45, 2.75) is 13.8 Å². The van der Waals surface area contributed by atoms with Crippen LogP contribution in [0, 0.1) is 13.8 Å². The van der Waals surface area contributed by atoms with E-state index in [1.54, 1.807) is 11.8 Å². The highest BCUT2D eigenvalue weighted by molar-refractivity contribution is 8.14. The lowest BCUT2D eigenvalue weighted by Gasteiger charge is -2.20. The number of nitrogens with one attached hydrogen (secondary N) is 1. The molecule has 0 saturated heterocycles. The van der Waals surface area contributed by atoms with E-state index in [9.17, 15) is 0 Å². The number of fused-ring (bicyclic) bond motifs is 1. The van der Waals surface area contributed by atoms with E-state index in [4.69, 9.17) is 14.5 Å².